The van der Waals surface area contributed by atoms with Crippen LogP contribution in [0.1, 0.15) is 11.1 Å². The molecule has 0 saturated carbocycles. The predicted molar refractivity (Wildman–Crippen MR) is 55.5 cm³/mol. The van der Waals surface area contributed by atoms with Gasteiger partial charge in [0, 0.05) is 25.2 Å². The third-order valence-corrected chi connectivity index (χ3v) is 2.55. The average molecular weight is 174 g/mol. The molecule has 0 aliphatic rings. The molecule has 0 amide bonds. The van der Waals surface area contributed by atoms with Crippen molar-refractivity contribution in [3.63, 3.8) is 0 Å². The van der Waals surface area contributed by atoms with Gasteiger partial charge in [0.05, 0.1) is 5.52 Å². The van der Waals surface area contributed by atoms with E-state index in [1.54, 1.807) is 0 Å². The van der Waals surface area contributed by atoms with Gasteiger partial charge in [0.25, 0.3) is 0 Å². The fraction of sp³-hybridized carbons (Fsp3) is 0.273. The Bertz CT molecular complexity index is 441. The highest BCUT2D eigenvalue weighted by molar-refractivity contribution is 5.86. The molecule has 0 atom stereocenters. The van der Waals surface area contributed by atoms with E-state index >= 15 is 0 Å². The van der Waals surface area contributed by atoms with Crippen molar-refractivity contribution in [1.82, 2.24) is 4.57 Å². The van der Waals surface area contributed by atoms with Crippen LogP contribution >= 0.6 is 0 Å². The highest BCUT2D eigenvalue weighted by Gasteiger charge is 2.04. The largest absolute Gasteiger partial charge is 0.350 e. The molecule has 68 valence electrons. The number of nitrogens with two attached hydrogens (primary N) is 1. The lowest BCUT2D eigenvalue weighted by Gasteiger charge is -2.04. The number of fused-ring (bicyclic) bond motifs is 1. The lowest BCUT2D eigenvalue weighted by Crippen LogP contribution is -1.97. The Morgan fingerprint density at radius 2 is 2.08 bits per heavy atom. The summed E-state index contributed by atoms with van der Waals surface area (Å²) < 4.78 is 2.14. The number of hydrogen-bond donors (Lipinski definition) is 1. The standard InChI is InChI=1S/C11H14N2/c1-8-3-4-9(7-12)10-5-6-13(2)11(8)10/h3-6H,7,12H2,1-2H3. The van der Waals surface area contributed by atoms with E-state index in [9.17, 15) is 0 Å². The Balaban J connectivity index is 2.87. The predicted octanol–water partition coefficient (Wildman–Crippen LogP) is 1.95. The van der Waals surface area contributed by atoms with E-state index in [-0.39, 0.29) is 0 Å². The highest BCUT2D eigenvalue weighted by Crippen LogP contribution is 2.22. The number of rotatable bonds is 1. The Morgan fingerprint density at radius 1 is 1.31 bits per heavy atom. The van der Waals surface area contributed by atoms with Gasteiger partial charge in [-0.15, -0.1) is 0 Å². The molecule has 2 N–H and O–H groups in total. The summed E-state index contributed by atoms with van der Waals surface area (Å²) in [4.78, 5) is 0. The smallest absolute Gasteiger partial charge is 0.0510 e. The summed E-state index contributed by atoms with van der Waals surface area (Å²) in [7, 11) is 2.07. The van der Waals surface area contributed by atoms with Crippen LogP contribution in [0.25, 0.3) is 10.9 Å². The number of aromatic nitrogens is 1. The summed E-state index contributed by atoms with van der Waals surface area (Å²) in [5, 5.41) is 1.28. The Kier molecular flexibility index (Phi) is 1.85. The highest BCUT2D eigenvalue weighted by atomic mass is 14.9. The van der Waals surface area contributed by atoms with Gasteiger partial charge in [-0.05, 0) is 24.1 Å². The van der Waals surface area contributed by atoms with Gasteiger partial charge in [-0.2, -0.15) is 0 Å². The quantitative estimate of drug-likeness (QED) is 0.703. The maximum Gasteiger partial charge on any atom is 0.0510 e. The molecule has 1 aromatic carbocycles. The van der Waals surface area contributed by atoms with Crippen LogP contribution in [0.4, 0.5) is 0 Å². The first kappa shape index (κ1) is 8.32. The van der Waals surface area contributed by atoms with Crippen molar-refractivity contribution in [2.75, 3.05) is 0 Å². The Labute approximate surface area is 78.0 Å². The minimum Gasteiger partial charge on any atom is -0.350 e. The third-order valence-electron chi connectivity index (χ3n) is 2.55. The second-order valence-electron chi connectivity index (χ2n) is 3.43. The molecule has 2 heteroatoms. The zero-order chi connectivity index (χ0) is 9.42. The van der Waals surface area contributed by atoms with E-state index in [4.69, 9.17) is 5.73 Å². The van der Waals surface area contributed by atoms with E-state index in [0.717, 1.165) is 0 Å². The van der Waals surface area contributed by atoms with E-state index in [1.807, 2.05) is 0 Å². The van der Waals surface area contributed by atoms with Crippen LogP contribution in [-0.4, -0.2) is 4.57 Å². The topological polar surface area (TPSA) is 30.9 Å². The van der Waals surface area contributed by atoms with Crippen LogP contribution in [0.15, 0.2) is 24.4 Å². The molecule has 2 rings (SSSR count). The molecular weight excluding hydrogens is 160 g/mol. The van der Waals surface area contributed by atoms with E-state index < -0.39 is 0 Å². The first-order valence-corrected chi connectivity index (χ1v) is 4.47. The summed E-state index contributed by atoms with van der Waals surface area (Å²) in [6.07, 6.45) is 2.08. The molecule has 1 heterocycles. The fourth-order valence-electron chi connectivity index (χ4n) is 1.85. The SMILES string of the molecule is Cc1ccc(CN)c2ccn(C)c12. The minimum absolute atomic E-state index is 0.612. The van der Waals surface area contributed by atoms with Crippen LogP contribution in [0.5, 0.6) is 0 Å². The molecule has 13 heavy (non-hydrogen) atoms. The summed E-state index contributed by atoms with van der Waals surface area (Å²) in [6.45, 7) is 2.74. The number of nitrogens with zero attached hydrogens (tertiary/aromatic N) is 1. The maximum atomic E-state index is 5.67. The second kappa shape index (κ2) is 2.89. The molecule has 0 saturated heterocycles. The van der Waals surface area contributed by atoms with Crippen LogP contribution in [-0.2, 0) is 13.6 Å². The van der Waals surface area contributed by atoms with Gasteiger partial charge in [-0.1, -0.05) is 12.1 Å². The minimum atomic E-state index is 0.612. The molecule has 2 nitrogen and oxygen atoms in total. The molecule has 0 aliphatic heterocycles. The van der Waals surface area contributed by atoms with Crippen molar-refractivity contribution in [3.8, 4) is 0 Å². The zero-order valence-electron chi connectivity index (χ0n) is 8.04. The molecule has 0 spiro atoms. The summed E-state index contributed by atoms with van der Waals surface area (Å²) in [6, 6.07) is 6.37. The van der Waals surface area contributed by atoms with Gasteiger partial charge in [-0.25, -0.2) is 0 Å². The lowest BCUT2D eigenvalue weighted by atomic mass is 10.1. The van der Waals surface area contributed by atoms with Gasteiger partial charge in [0.15, 0.2) is 0 Å². The lowest BCUT2D eigenvalue weighted by molar-refractivity contribution is 0.963. The van der Waals surface area contributed by atoms with Crippen molar-refractivity contribution >= 4 is 10.9 Å². The van der Waals surface area contributed by atoms with Crippen LogP contribution < -0.4 is 5.73 Å². The van der Waals surface area contributed by atoms with Crippen LogP contribution in [0.3, 0.4) is 0 Å². The molecule has 0 fully saturated rings. The van der Waals surface area contributed by atoms with Gasteiger partial charge in [0.2, 0.25) is 0 Å². The average Bonchev–Trinajstić information content (AvgIpc) is 2.50. The summed E-state index contributed by atoms with van der Waals surface area (Å²) in [5.41, 5.74) is 9.49. The molecule has 1 aromatic heterocycles. The zero-order valence-corrected chi connectivity index (χ0v) is 8.04. The molecular formula is C11H14N2. The monoisotopic (exact) mass is 174 g/mol. The molecule has 0 unspecified atom stereocenters. The fourth-order valence-corrected chi connectivity index (χ4v) is 1.85. The van der Waals surface area contributed by atoms with E-state index in [2.05, 4.69) is 42.9 Å². The third kappa shape index (κ3) is 1.14. The second-order valence-corrected chi connectivity index (χ2v) is 3.43. The van der Waals surface area contributed by atoms with Gasteiger partial charge in [0.1, 0.15) is 0 Å². The van der Waals surface area contributed by atoms with Crippen molar-refractivity contribution in [2.45, 2.75) is 13.5 Å². The number of benzene rings is 1. The van der Waals surface area contributed by atoms with Gasteiger partial charge < -0.3 is 10.3 Å². The number of aryl methyl sites for hydroxylation is 2. The van der Waals surface area contributed by atoms with Crippen molar-refractivity contribution in [3.05, 3.63) is 35.5 Å². The first-order valence-electron chi connectivity index (χ1n) is 4.47. The normalized spacial score (nSPS) is 11.0. The van der Waals surface area contributed by atoms with Crippen molar-refractivity contribution < 1.29 is 0 Å². The Hall–Kier alpha value is -1.28. The number of hydrogen-bond acceptors (Lipinski definition) is 1. The van der Waals surface area contributed by atoms with Gasteiger partial charge in [-0.3, -0.25) is 0 Å². The maximum absolute atomic E-state index is 5.67. The molecule has 0 radical (unpaired) electrons. The summed E-state index contributed by atoms with van der Waals surface area (Å²) >= 11 is 0. The van der Waals surface area contributed by atoms with Crippen LogP contribution in [0.2, 0.25) is 0 Å². The molecule has 0 bridgehead atoms. The van der Waals surface area contributed by atoms with Crippen LogP contribution in [0, 0.1) is 6.92 Å². The van der Waals surface area contributed by atoms with Crippen molar-refractivity contribution in [1.29, 1.82) is 0 Å². The molecule has 2 aromatic rings. The summed E-state index contributed by atoms with van der Waals surface area (Å²) in [5.74, 6) is 0. The van der Waals surface area contributed by atoms with Gasteiger partial charge >= 0.3 is 0 Å². The van der Waals surface area contributed by atoms with Crippen molar-refractivity contribution in [2.24, 2.45) is 12.8 Å². The van der Waals surface area contributed by atoms with E-state index in [1.165, 1.54) is 22.0 Å². The first-order chi connectivity index (χ1) is 6.24. The van der Waals surface area contributed by atoms with E-state index in [0.29, 0.717) is 6.54 Å². The Morgan fingerprint density at radius 3 is 2.77 bits per heavy atom. The molecule has 0 aliphatic carbocycles.